The molecule has 0 aromatic carbocycles. The largest absolute Gasteiger partial charge is 0.339 e. The minimum absolute atomic E-state index is 0.0919. The topological polar surface area (TPSA) is 59.1 Å². The molecule has 0 aromatic heterocycles. The first-order chi connectivity index (χ1) is 10.1. The molecule has 2 heterocycles. The maximum Gasteiger partial charge on any atom is 0.236 e. The molecule has 0 aromatic rings. The van der Waals surface area contributed by atoms with Crippen molar-refractivity contribution in [1.82, 2.24) is 24.9 Å². The van der Waals surface area contributed by atoms with Gasteiger partial charge in [0.25, 0.3) is 0 Å². The molecule has 0 bridgehead atoms. The zero-order valence-electron chi connectivity index (χ0n) is 13.2. The van der Waals surface area contributed by atoms with E-state index in [9.17, 15) is 9.59 Å². The number of likely N-dealkylation sites (N-methyl/N-ethyl adjacent to an activating group) is 2. The smallest absolute Gasteiger partial charge is 0.236 e. The summed E-state index contributed by atoms with van der Waals surface area (Å²) in [6.07, 6.45) is 0. The summed E-state index contributed by atoms with van der Waals surface area (Å²) in [5.74, 6) is 0.184. The fraction of sp³-hybridized carbons (Fsp3) is 0.857. The van der Waals surface area contributed by atoms with Gasteiger partial charge in [0.15, 0.2) is 0 Å². The first kappa shape index (κ1) is 16.2. The van der Waals surface area contributed by atoms with Crippen molar-refractivity contribution in [2.75, 3.05) is 79.5 Å². The lowest BCUT2D eigenvalue weighted by Crippen LogP contribution is -2.52. The highest BCUT2D eigenvalue weighted by Gasteiger charge is 2.21. The van der Waals surface area contributed by atoms with E-state index in [1.807, 2.05) is 9.80 Å². The predicted octanol–water partition coefficient (Wildman–Crippen LogP) is -1.88. The van der Waals surface area contributed by atoms with Crippen LogP contribution in [0.15, 0.2) is 0 Å². The minimum Gasteiger partial charge on any atom is -0.339 e. The molecule has 2 rings (SSSR count). The molecule has 0 unspecified atom stereocenters. The van der Waals surface area contributed by atoms with Crippen LogP contribution in [-0.2, 0) is 9.59 Å². The molecule has 2 aliphatic heterocycles. The molecule has 2 saturated heterocycles. The third-order valence-electron chi connectivity index (χ3n) is 4.26. The number of hydrogen-bond acceptors (Lipinski definition) is 5. The third-order valence-corrected chi connectivity index (χ3v) is 4.26. The maximum atomic E-state index is 12.0. The van der Waals surface area contributed by atoms with Crippen LogP contribution in [0.4, 0.5) is 0 Å². The quantitative estimate of drug-likeness (QED) is 0.658. The van der Waals surface area contributed by atoms with Crippen LogP contribution in [0.25, 0.3) is 0 Å². The van der Waals surface area contributed by atoms with E-state index in [0.29, 0.717) is 0 Å². The number of carbonyl (C=O) groups excluding carboxylic acids is 2. The van der Waals surface area contributed by atoms with E-state index in [1.54, 1.807) is 0 Å². The van der Waals surface area contributed by atoms with Crippen molar-refractivity contribution in [3.05, 3.63) is 0 Å². The summed E-state index contributed by atoms with van der Waals surface area (Å²) >= 11 is 0. The third kappa shape index (κ3) is 4.94. The molecule has 0 radical (unpaired) electrons. The van der Waals surface area contributed by atoms with Gasteiger partial charge in [0.05, 0.1) is 13.1 Å². The van der Waals surface area contributed by atoms with Crippen molar-refractivity contribution in [2.24, 2.45) is 0 Å². The molecule has 0 atom stereocenters. The Balaban J connectivity index is 1.62. The molecule has 0 spiro atoms. The predicted molar refractivity (Wildman–Crippen MR) is 81.0 cm³/mol. The zero-order chi connectivity index (χ0) is 15.2. The number of nitrogens with zero attached hydrogens (tertiary/aromatic N) is 4. The van der Waals surface area contributed by atoms with Gasteiger partial charge in [-0.1, -0.05) is 0 Å². The normalized spacial score (nSPS) is 21.6. The number of rotatable bonds is 4. The van der Waals surface area contributed by atoms with Crippen LogP contribution in [0.2, 0.25) is 0 Å². The number of carbonyl (C=O) groups is 2. The Kier molecular flexibility index (Phi) is 5.96. The Morgan fingerprint density at radius 1 is 0.714 bits per heavy atom. The van der Waals surface area contributed by atoms with E-state index in [0.717, 1.165) is 52.4 Å². The van der Waals surface area contributed by atoms with Crippen LogP contribution < -0.4 is 5.32 Å². The molecule has 2 amide bonds. The Morgan fingerprint density at radius 3 is 1.38 bits per heavy atom. The van der Waals surface area contributed by atoms with Crippen LogP contribution in [0.5, 0.6) is 0 Å². The van der Waals surface area contributed by atoms with Gasteiger partial charge in [-0.25, -0.2) is 0 Å². The van der Waals surface area contributed by atoms with Crippen molar-refractivity contribution < 1.29 is 9.59 Å². The first-order valence-corrected chi connectivity index (χ1v) is 7.69. The van der Waals surface area contributed by atoms with Crippen molar-refractivity contribution in [1.29, 1.82) is 0 Å². The van der Waals surface area contributed by atoms with Crippen LogP contribution in [0, 0.1) is 0 Å². The second-order valence-electron chi connectivity index (χ2n) is 5.97. The average Bonchev–Trinajstić information content (AvgIpc) is 2.48. The van der Waals surface area contributed by atoms with Crippen LogP contribution in [0.3, 0.4) is 0 Å². The molecule has 120 valence electrons. The van der Waals surface area contributed by atoms with Gasteiger partial charge < -0.3 is 19.6 Å². The zero-order valence-corrected chi connectivity index (χ0v) is 13.2. The molecule has 0 aliphatic carbocycles. The summed E-state index contributed by atoms with van der Waals surface area (Å²) in [6.45, 7) is 7.32. The molecular weight excluding hydrogens is 270 g/mol. The van der Waals surface area contributed by atoms with Gasteiger partial charge in [0.2, 0.25) is 11.8 Å². The van der Waals surface area contributed by atoms with Crippen molar-refractivity contribution in [2.45, 2.75) is 0 Å². The van der Waals surface area contributed by atoms with Gasteiger partial charge in [-0.05, 0) is 14.1 Å². The summed E-state index contributed by atoms with van der Waals surface area (Å²) in [7, 11) is 4.13. The molecule has 1 N–H and O–H groups in total. The lowest BCUT2D eigenvalue weighted by molar-refractivity contribution is -0.133. The van der Waals surface area contributed by atoms with Crippen LogP contribution in [-0.4, -0.2) is 111 Å². The summed E-state index contributed by atoms with van der Waals surface area (Å²) in [6, 6.07) is 0. The Morgan fingerprint density at radius 2 is 1.05 bits per heavy atom. The average molecular weight is 297 g/mol. The fourth-order valence-corrected chi connectivity index (χ4v) is 2.61. The molecule has 0 saturated carbocycles. The fourth-order valence-electron chi connectivity index (χ4n) is 2.61. The molecule has 2 fully saturated rings. The SMILES string of the molecule is CN1CCN(C(=O)CNCC(=O)N2CCN(C)CC2)CC1. The summed E-state index contributed by atoms with van der Waals surface area (Å²) in [5.41, 5.74) is 0. The van der Waals surface area contributed by atoms with E-state index in [2.05, 4.69) is 29.2 Å². The maximum absolute atomic E-state index is 12.0. The van der Waals surface area contributed by atoms with Crippen molar-refractivity contribution in [3.8, 4) is 0 Å². The summed E-state index contributed by atoms with van der Waals surface area (Å²) in [5, 5.41) is 2.99. The number of amides is 2. The van der Waals surface area contributed by atoms with E-state index in [4.69, 9.17) is 0 Å². The Bertz CT molecular complexity index is 326. The van der Waals surface area contributed by atoms with Gasteiger partial charge >= 0.3 is 0 Å². The molecule has 7 heteroatoms. The van der Waals surface area contributed by atoms with E-state index < -0.39 is 0 Å². The van der Waals surface area contributed by atoms with Gasteiger partial charge in [0.1, 0.15) is 0 Å². The van der Waals surface area contributed by atoms with Crippen LogP contribution >= 0.6 is 0 Å². The number of nitrogens with one attached hydrogen (secondary N) is 1. The van der Waals surface area contributed by atoms with Gasteiger partial charge in [0, 0.05) is 52.4 Å². The van der Waals surface area contributed by atoms with Gasteiger partial charge in [-0.2, -0.15) is 0 Å². The molecule has 2 aliphatic rings. The second kappa shape index (κ2) is 7.72. The number of piperazine rings is 2. The van der Waals surface area contributed by atoms with Crippen molar-refractivity contribution >= 4 is 11.8 Å². The number of hydrogen-bond donors (Lipinski definition) is 1. The second-order valence-corrected chi connectivity index (χ2v) is 5.97. The van der Waals surface area contributed by atoms with E-state index in [1.165, 1.54) is 0 Å². The van der Waals surface area contributed by atoms with Gasteiger partial charge in [-0.3, -0.25) is 14.9 Å². The minimum atomic E-state index is 0.0919. The van der Waals surface area contributed by atoms with Crippen molar-refractivity contribution in [3.63, 3.8) is 0 Å². The standard InChI is InChI=1S/C14H27N5O2/c1-16-3-7-18(8-4-16)13(20)11-15-12-14(21)19-9-5-17(2)6-10-19/h15H,3-12H2,1-2H3. The highest BCUT2D eigenvalue weighted by Crippen LogP contribution is 2.00. The molecule has 21 heavy (non-hydrogen) atoms. The summed E-state index contributed by atoms with van der Waals surface area (Å²) in [4.78, 5) is 32.2. The molecule has 7 nitrogen and oxygen atoms in total. The van der Waals surface area contributed by atoms with Crippen LogP contribution in [0.1, 0.15) is 0 Å². The Hall–Kier alpha value is -1.18. The lowest BCUT2D eigenvalue weighted by Gasteiger charge is -2.33. The van der Waals surface area contributed by atoms with Gasteiger partial charge in [-0.15, -0.1) is 0 Å². The first-order valence-electron chi connectivity index (χ1n) is 7.69. The highest BCUT2D eigenvalue weighted by atomic mass is 16.2. The van der Waals surface area contributed by atoms with E-state index >= 15 is 0 Å². The van der Waals surface area contributed by atoms with E-state index in [-0.39, 0.29) is 24.9 Å². The summed E-state index contributed by atoms with van der Waals surface area (Å²) < 4.78 is 0. The monoisotopic (exact) mass is 297 g/mol. The highest BCUT2D eigenvalue weighted by molar-refractivity contribution is 5.81. The molecular formula is C14H27N5O2. The lowest BCUT2D eigenvalue weighted by atomic mass is 10.3. The Labute approximate surface area is 126 Å².